The van der Waals surface area contributed by atoms with Crippen LogP contribution in [0.15, 0.2) is 6.07 Å². The lowest BCUT2D eigenvalue weighted by Crippen LogP contribution is -2.17. The number of fused-ring (bicyclic) bond motifs is 1. The number of nitrogens with zero attached hydrogens (tertiary/aromatic N) is 1. The highest BCUT2D eigenvalue weighted by Crippen LogP contribution is 2.18. The molecule has 5 heteroatoms. The van der Waals surface area contributed by atoms with Crippen molar-refractivity contribution in [2.45, 2.75) is 13.2 Å². The number of hydrogen-bond acceptors (Lipinski definition) is 2. The highest BCUT2D eigenvalue weighted by Gasteiger charge is 2.21. The molecule has 0 amide bonds. The predicted octanol–water partition coefficient (Wildman–Crippen LogP) is 0.856. The quantitative estimate of drug-likeness (QED) is 0.705. The van der Waals surface area contributed by atoms with Crippen LogP contribution in [0.5, 0.6) is 0 Å². The molecule has 0 radical (unpaired) electrons. The van der Waals surface area contributed by atoms with E-state index in [1.165, 1.54) is 10.6 Å². The van der Waals surface area contributed by atoms with Gasteiger partial charge in [0.25, 0.3) is 0 Å². The molecule has 2 heterocycles. The molecule has 0 bridgehead atoms. The normalized spacial score (nSPS) is 15.5. The third kappa shape index (κ3) is 1.21. The zero-order valence-electron chi connectivity index (χ0n) is 6.79. The van der Waals surface area contributed by atoms with Crippen LogP contribution in [0.1, 0.15) is 16.1 Å². The van der Waals surface area contributed by atoms with Crippen LogP contribution in [0, 0.1) is 5.95 Å². The Balaban J connectivity index is 2.50. The van der Waals surface area contributed by atoms with E-state index in [4.69, 9.17) is 9.84 Å². The van der Waals surface area contributed by atoms with Crippen molar-refractivity contribution in [3.8, 4) is 0 Å². The number of carboxylic acid groups (broad SMARTS) is 1. The Morgan fingerprint density at radius 3 is 3.08 bits per heavy atom. The fourth-order valence-corrected chi connectivity index (χ4v) is 1.42. The zero-order chi connectivity index (χ0) is 9.42. The van der Waals surface area contributed by atoms with Crippen LogP contribution in [-0.4, -0.2) is 22.2 Å². The first kappa shape index (κ1) is 8.25. The second kappa shape index (κ2) is 2.85. The highest BCUT2D eigenvalue weighted by molar-refractivity contribution is 5.88. The summed E-state index contributed by atoms with van der Waals surface area (Å²) in [5.74, 6) is -1.91. The fourth-order valence-electron chi connectivity index (χ4n) is 1.42. The molecule has 0 aromatic carbocycles. The van der Waals surface area contributed by atoms with Gasteiger partial charge >= 0.3 is 5.97 Å². The third-order valence-corrected chi connectivity index (χ3v) is 2.06. The molecule has 4 nitrogen and oxygen atoms in total. The van der Waals surface area contributed by atoms with Crippen molar-refractivity contribution in [3.63, 3.8) is 0 Å². The van der Waals surface area contributed by atoms with Crippen LogP contribution in [-0.2, 0) is 17.9 Å². The zero-order valence-corrected chi connectivity index (χ0v) is 6.79. The average molecular weight is 185 g/mol. The summed E-state index contributed by atoms with van der Waals surface area (Å²) in [5.41, 5.74) is 0.307. The molecular weight excluding hydrogens is 177 g/mol. The van der Waals surface area contributed by atoms with Gasteiger partial charge in [-0.15, -0.1) is 0 Å². The molecule has 0 fully saturated rings. The molecule has 0 saturated heterocycles. The summed E-state index contributed by atoms with van der Waals surface area (Å²) in [4.78, 5) is 10.5. The summed E-state index contributed by atoms with van der Waals surface area (Å²) in [6.45, 7) is 1.09. The minimum absolute atomic E-state index is 0.277. The summed E-state index contributed by atoms with van der Waals surface area (Å²) in [6, 6.07) is 1.32. The topological polar surface area (TPSA) is 51.5 Å². The Kier molecular flexibility index (Phi) is 1.81. The third-order valence-electron chi connectivity index (χ3n) is 2.06. The molecule has 0 atom stereocenters. The Hall–Kier alpha value is -1.36. The van der Waals surface area contributed by atoms with E-state index in [-0.39, 0.29) is 12.2 Å². The first-order chi connectivity index (χ1) is 6.20. The Morgan fingerprint density at radius 2 is 2.46 bits per heavy atom. The number of hydrogen-bond donors (Lipinski definition) is 1. The summed E-state index contributed by atoms with van der Waals surface area (Å²) < 4.78 is 19.7. The second-order valence-corrected chi connectivity index (χ2v) is 2.85. The lowest BCUT2D eigenvalue weighted by Gasteiger charge is -2.15. The molecular formula is C8H8FNO3. The number of halogens is 1. The van der Waals surface area contributed by atoms with Crippen molar-refractivity contribution in [3.05, 3.63) is 23.3 Å². The van der Waals surface area contributed by atoms with E-state index in [0.717, 1.165) is 0 Å². The molecule has 0 spiro atoms. The van der Waals surface area contributed by atoms with Gasteiger partial charge in [-0.05, 0) is 6.07 Å². The monoisotopic (exact) mass is 185 g/mol. The van der Waals surface area contributed by atoms with Gasteiger partial charge in [0.15, 0.2) is 0 Å². The molecule has 1 aliphatic rings. The van der Waals surface area contributed by atoms with E-state index >= 15 is 0 Å². The van der Waals surface area contributed by atoms with Gasteiger partial charge in [0.05, 0.1) is 13.2 Å². The van der Waals surface area contributed by atoms with Crippen molar-refractivity contribution in [2.75, 3.05) is 6.61 Å². The van der Waals surface area contributed by atoms with Crippen molar-refractivity contribution in [1.29, 1.82) is 0 Å². The van der Waals surface area contributed by atoms with E-state index < -0.39 is 11.9 Å². The van der Waals surface area contributed by atoms with Crippen molar-refractivity contribution < 1.29 is 19.0 Å². The molecule has 70 valence electrons. The minimum atomic E-state index is -1.24. The van der Waals surface area contributed by atoms with Gasteiger partial charge in [-0.2, -0.15) is 4.39 Å². The number of carbonyl (C=O) groups is 1. The maximum Gasteiger partial charge on any atom is 0.340 e. The van der Waals surface area contributed by atoms with Crippen molar-refractivity contribution in [1.82, 2.24) is 4.57 Å². The standard InChI is InChI=1S/C8H8FNO3/c9-7-6(8(11)12)3-5-4-13-2-1-10(5)7/h3H,1-2,4H2,(H,11,12). The first-order valence-corrected chi connectivity index (χ1v) is 3.89. The van der Waals surface area contributed by atoms with Crippen molar-refractivity contribution >= 4 is 5.97 Å². The van der Waals surface area contributed by atoms with E-state index in [1.807, 2.05) is 0 Å². The lowest BCUT2D eigenvalue weighted by molar-refractivity contribution is 0.0687. The fraction of sp³-hybridized carbons (Fsp3) is 0.375. The maximum absolute atomic E-state index is 13.3. The van der Waals surface area contributed by atoms with Crippen LogP contribution in [0.2, 0.25) is 0 Å². The van der Waals surface area contributed by atoms with Gasteiger partial charge in [0.1, 0.15) is 5.56 Å². The van der Waals surface area contributed by atoms with Crippen molar-refractivity contribution in [2.24, 2.45) is 0 Å². The largest absolute Gasteiger partial charge is 0.478 e. The molecule has 0 unspecified atom stereocenters. The predicted molar refractivity (Wildman–Crippen MR) is 41.0 cm³/mol. The first-order valence-electron chi connectivity index (χ1n) is 3.89. The van der Waals surface area contributed by atoms with E-state index in [1.54, 1.807) is 0 Å². The van der Waals surface area contributed by atoms with Crippen LogP contribution in [0.4, 0.5) is 4.39 Å². The summed E-state index contributed by atoms with van der Waals surface area (Å²) >= 11 is 0. The van der Waals surface area contributed by atoms with E-state index in [2.05, 4.69) is 0 Å². The molecule has 1 N–H and O–H groups in total. The number of ether oxygens (including phenoxy) is 1. The SMILES string of the molecule is O=C(O)c1cc2n(c1F)CCOC2. The molecule has 1 aromatic heterocycles. The lowest BCUT2D eigenvalue weighted by atomic mass is 10.3. The molecule has 1 aromatic rings. The highest BCUT2D eigenvalue weighted by atomic mass is 19.1. The average Bonchev–Trinajstić information content (AvgIpc) is 2.45. The van der Waals surface area contributed by atoms with Crippen LogP contribution >= 0.6 is 0 Å². The number of aromatic carboxylic acids is 1. The van der Waals surface area contributed by atoms with Gasteiger partial charge in [-0.1, -0.05) is 0 Å². The second-order valence-electron chi connectivity index (χ2n) is 2.85. The van der Waals surface area contributed by atoms with Gasteiger partial charge < -0.3 is 14.4 Å². The Morgan fingerprint density at radius 1 is 1.69 bits per heavy atom. The van der Waals surface area contributed by atoms with Crippen LogP contribution < -0.4 is 0 Å². The van der Waals surface area contributed by atoms with E-state index in [9.17, 15) is 9.18 Å². The minimum Gasteiger partial charge on any atom is -0.478 e. The molecule has 1 aliphatic heterocycles. The Bertz CT molecular complexity index is 359. The molecule has 2 rings (SSSR count). The van der Waals surface area contributed by atoms with Gasteiger partial charge in [0.2, 0.25) is 5.95 Å². The van der Waals surface area contributed by atoms with Gasteiger partial charge in [-0.3, -0.25) is 0 Å². The van der Waals surface area contributed by atoms with Gasteiger partial charge in [0, 0.05) is 12.2 Å². The number of aromatic nitrogens is 1. The Labute approximate surface area is 73.5 Å². The smallest absolute Gasteiger partial charge is 0.340 e. The van der Waals surface area contributed by atoms with Gasteiger partial charge in [-0.25, -0.2) is 4.79 Å². The molecule has 0 aliphatic carbocycles. The number of carboxylic acids is 1. The van der Waals surface area contributed by atoms with Crippen LogP contribution in [0.3, 0.4) is 0 Å². The maximum atomic E-state index is 13.3. The summed E-state index contributed by atoms with van der Waals surface area (Å²) in [6.07, 6.45) is 0. The molecule has 13 heavy (non-hydrogen) atoms. The summed E-state index contributed by atoms with van der Waals surface area (Å²) in [7, 11) is 0. The van der Waals surface area contributed by atoms with Crippen LogP contribution in [0.25, 0.3) is 0 Å². The number of rotatable bonds is 1. The summed E-state index contributed by atoms with van der Waals surface area (Å²) in [5, 5.41) is 8.62. The van der Waals surface area contributed by atoms with E-state index in [0.29, 0.717) is 18.8 Å². The molecule has 0 saturated carbocycles.